The summed E-state index contributed by atoms with van der Waals surface area (Å²) in [5.74, 6) is 0.0683. The molecule has 9 heteroatoms. The zero-order valence-corrected chi connectivity index (χ0v) is 18.3. The van der Waals surface area contributed by atoms with Crippen molar-refractivity contribution in [1.82, 2.24) is 10.2 Å². The molecule has 2 aliphatic rings. The van der Waals surface area contributed by atoms with Crippen molar-refractivity contribution < 1.29 is 28.6 Å². The Hall–Kier alpha value is -2.65. The van der Waals surface area contributed by atoms with Gasteiger partial charge in [0.2, 0.25) is 11.8 Å². The number of nitrogens with one attached hydrogen (secondary N) is 2. The number of carbonyl (C=O) groups excluding carboxylic acids is 3. The minimum atomic E-state index is -0.327. The van der Waals surface area contributed by atoms with Crippen LogP contribution in [-0.2, 0) is 19.1 Å². The molecule has 3 amide bonds. The normalized spacial score (nSPS) is 23.0. The Labute approximate surface area is 182 Å². The van der Waals surface area contributed by atoms with E-state index in [9.17, 15) is 14.4 Å². The summed E-state index contributed by atoms with van der Waals surface area (Å²) >= 11 is 0. The summed E-state index contributed by atoms with van der Waals surface area (Å²) in [5, 5.41) is 5.58. The molecule has 0 saturated carbocycles. The molecule has 0 unspecified atom stereocenters. The fourth-order valence-electron chi connectivity index (χ4n) is 3.93. The number of amides is 3. The number of anilines is 1. The standard InChI is InChI=1S/C22H31N3O6/c1-4-20(26)24-14-5-8-18-16(11-14)22(28)25(2)17-7-6-15(31-19(17)13-30-18)12-21(27)23-9-10-29-3/h5,8,11,15,17,19H,4,6-7,9-10,12-13H2,1-3H3,(H,23,27)(H,24,26)/t15-,17-,19-/m0/s1. The predicted molar refractivity (Wildman–Crippen MR) is 114 cm³/mol. The number of likely N-dealkylation sites (N-methyl/N-ethyl adjacent to an activating group) is 1. The molecule has 170 valence electrons. The topological polar surface area (TPSA) is 106 Å². The minimum absolute atomic E-state index is 0.0799. The maximum Gasteiger partial charge on any atom is 0.257 e. The number of hydrogen-bond donors (Lipinski definition) is 2. The average molecular weight is 434 g/mol. The lowest BCUT2D eigenvalue weighted by Crippen LogP contribution is -2.54. The summed E-state index contributed by atoms with van der Waals surface area (Å²) in [7, 11) is 3.34. The van der Waals surface area contributed by atoms with Gasteiger partial charge in [-0.2, -0.15) is 0 Å². The number of rotatable bonds is 7. The molecule has 1 saturated heterocycles. The van der Waals surface area contributed by atoms with Gasteiger partial charge in [0.15, 0.2) is 0 Å². The molecule has 1 aromatic carbocycles. The summed E-state index contributed by atoms with van der Waals surface area (Å²) in [5.41, 5.74) is 0.974. The van der Waals surface area contributed by atoms with Crippen LogP contribution in [0.4, 0.5) is 5.69 Å². The fourth-order valence-corrected chi connectivity index (χ4v) is 3.93. The number of hydrogen-bond acceptors (Lipinski definition) is 6. The molecule has 1 fully saturated rings. The Kier molecular flexibility index (Phi) is 7.86. The molecule has 0 spiro atoms. The van der Waals surface area contributed by atoms with E-state index in [1.165, 1.54) is 0 Å². The van der Waals surface area contributed by atoms with E-state index in [4.69, 9.17) is 14.2 Å². The van der Waals surface area contributed by atoms with E-state index < -0.39 is 0 Å². The van der Waals surface area contributed by atoms with E-state index in [0.29, 0.717) is 49.4 Å². The smallest absolute Gasteiger partial charge is 0.257 e. The van der Waals surface area contributed by atoms with Crippen LogP contribution in [0.1, 0.15) is 43.0 Å². The predicted octanol–water partition coefficient (Wildman–Crippen LogP) is 1.57. The van der Waals surface area contributed by atoms with Crippen LogP contribution >= 0.6 is 0 Å². The molecule has 31 heavy (non-hydrogen) atoms. The van der Waals surface area contributed by atoms with Gasteiger partial charge in [-0.05, 0) is 31.0 Å². The molecular weight excluding hydrogens is 402 g/mol. The lowest BCUT2D eigenvalue weighted by molar-refractivity contribution is -0.134. The van der Waals surface area contributed by atoms with Crippen molar-refractivity contribution in [3.05, 3.63) is 23.8 Å². The van der Waals surface area contributed by atoms with Crippen LogP contribution in [0.3, 0.4) is 0 Å². The quantitative estimate of drug-likeness (QED) is 0.633. The van der Waals surface area contributed by atoms with Crippen LogP contribution < -0.4 is 15.4 Å². The number of nitrogens with zero attached hydrogens (tertiary/aromatic N) is 1. The molecule has 3 atom stereocenters. The molecule has 2 heterocycles. The molecule has 0 aliphatic carbocycles. The summed E-state index contributed by atoms with van der Waals surface area (Å²) in [6, 6.07) is 4.91. The monoisotopic (exact) mass is 433 g/mol. The van der Waals surface area contributed by atoms with Gasteiger partial charge in [0.05, 0.1) is 30.7 Å². The molecule has 3 rings (SSSR count). The Balaban J connectivity index is 1.68. The molecule has 2 N–H and O–H groups in total. The van der Waals surface area contributed by atoms with E-state index in [0.717, 1.165) is 0 Å². The van der Waals surface area contributed by atoms with Crippen molar-refractivity contribution >= 4 is 23.4 Å². The maximum absolute atomic E-state index is 13.2. The van der Waals surface area contributed by atoms with E-state index >= 15 is 0 Å². The zero-order chi connectivity index (χ0) is 22.4. The van der Waals surface area contributed by atoms with Crippen molar-refractivity contribution in [2.24, 2.45) is 0 Å². The van der Waals surface area contributed by atoms with Crippen LogP contribution in [0.25, 0.3) is 0 Å². The maximum atomic E-state index is 13.2. The highest BCUT2D eigenvalue weighted by atomic mass is 16.5. The van der Waals surface area contributed by atoms with Gasteiger partial charge in [-0.25, -0.2) is 0 Å². The number of methoxy groups -OCH3 is 1. The SMILES string of the molecule is CCC(=O)Nc1ccc2c(c1)C(=O)N(C)[C@H]1CC[C@@H](CC(=O)NCCOC)O[C@H]1CO2. The lowest BCUT2D eigenvalue weighted by atomic mass is 9.94. The van der Waals surface area contributed by atoms with Crippen molar-refractivity contribution in [1.29, 1.82) is 0 Å². The third-order valence-electron chi connectivity index (χ3n) is 5.66. The van der Waals surface area contributed by atoms with Crippen molar-refractivity contribution in [3.8, 4) is 5.75 Å². The van der Waals surface area contributed by atoms with E-state index in [2.05, 4.69) is 10.6 Å². The third-order valence-corrected chi connectivity index (χ3v) is 5.66. The van der Waals surface area contributed by atoms with Crippen LogP contribution in [-0.4, -0.2) is 74.8 Å². The highest BCUT2D eigenvalue weighted by Crippen LogP contribution is 2.32. The lowest BCUT2D eigenvalue weighted by Gasteiger charge is -2.42. The number of benzene rings is 1. The molecule has 0 aromatic heterocycles. The van der Waals surface area contributed by atoms with E-state index in [1.807, 2.05) is 0 Å². The van der Waals surface area contributed by atoms with E-state index in [-0.39, 0.29) is 49.0 Å². The number of carbonyl (C=O) groups is 3. The Bertz CT molecular complexity index is 814. The summed E-state index contributed by atoms with van der Waals surface area (Å²) < 4.78 is 17.0. The first kappa shape index (κ1) is 23.0. The van der Waals surface area contributed by atoms with Gasteiger partial charge >= 0.3 is 0 Å². The van der Waals surface area contributed by atoms with Crippen molar-refractivity contribution in [3.63, 3.8) is 0 Å². The molecule has 9 nitrogen and oxygen atoms in total. The largest absolute Gasteiger partial charge is 0.490 e. The highest BCUT2D eigenvalue weighted by molar-refractivity contribution is 5.99. The summed E-state index contributed by atoms with van der Waals surface area (Å²) in [6.07, 6.45) is 1.47. The number of fused-ring (bicyclic) bond motifs is 2. The minimum Gasteiger partial charge on any atom is -0.490 e. The Morgan fingerprint density at radius 1 is 1.26 bits per heavy atom. The average Bonchev–Trinajstić information content (AvgIpc) is 2.76. The Morgan fingerprint density at radius 2 is 2.06 bits per heavy atom. The van der Waals surface area contributed by atoms with Crippen LogP contribution in [0.15, 0.2) is 18.2 Å². The summed E-state index contributed by atoms with van der Waals surface area (Å²) in [4.78, 5) is 38.7. The molecule has 2 aliphatic heterocycles. The number of ether oxygens (including phenoxy) is 3. The van der Waals surface area contributed by atoms with Gasteiger partial charge in [-0.3, -0.25) is 14.4 Å². The fraction of sp³-hybridized carbons (Fsp3) is 0.591. The van der Waals surface area contributed by atoms with Gasteiger partial charge in [0.1, 0.15) is 18.5 Å². The second-order valence-electron chi connectivity index (χ2n) is 7.83. The second kappa shape index (κ2) is 10.6. The van der Waals surface area contributed by atoms with Crippen molar-refractivity contribution in [2.45, 2.75) is 50.9 Å². The van der Waals surface area contributed by atoms with Gasteiger partial charge in [-0.15, -0.1) is 0 Å². The zero-order valence-electron chi connectivity index (χ0n) is 18.3. The van der Waals surface area contributed by atoms with Gasteiger partial charge in [0, 0.05) is 32.8 Å². The first-order valence-corrected chi connectivity index (χ1v) is 10.7. The van der Waals surface area contributed by atoms with Gasteiger partial charge in [-0.1, -0.05) is 6.92 Å². The van der Waals surface area contributed by atoms with Crippen LogP contribution in [0.5, 0.6) is 5.75 Å². The molecule has 1 aromatic rings. The van der Waals surface area contributed by atoms with E-state index in [1.54, 1.807) is 44.2 Å². The van der Waals surface area contributed by atoms with Crippen LogP contribution in [0, 0.1) is 0 Å². The van der Waals surface area contributed by atoms with Gasteiger partial charge < -0.3 is 29.7 Å². The second-order valence-corrected chi connectivity index (χ2v) is 7.83. The van der Waals surface area contributed by atoms with Gasteiger partial charge in [0.25, 0.3) is 5.91 Å². The third kappa shape index (κ3) is 5.74. The first-order chi connectivity index (χ1) is 14.9. The first-order valence-electron chi connectivity index (χ1n) is 10.7. The highest BCUT2D eigenvalue weighted by Gasteiger charge is 2.39. The molecule has 0 radical (unpaired) electrons. The van der Waals surface area contributed by atoms with Crippen molar-refractivity contribution in [2.75, 3.05) is 39.2 Å². The Morgan fingerprint density at radius 3 is 2.81 bits per heavy atom. The molecule has 0 bridgehead atoms. The molecular formula is C22H31N3O6. The summed E-state index contributed by atoms with van der Waals surface area (Å²) in [6.45, 7) is 2.97. The van der Waals surface area contributed by atoms with Crippen LogP contribution in [0.2, 0.25) is 0 Å².